The Morgan fingerprint density at radius 3 is 2.69 bits per heavy atom. The average Bonchev–Trinajstić information content (AvgIpc) is 2.09. The third kappa shape index (κ3) is 1.67. The van der Waals surface area contributed by atoms with Crippen LogP contribution in [0.4, 0.5) is 5.69 Å². The van der Waals surface area contributed by atoms with Crippen molar-refractivity contribution in [1.29, 1.82) is 0 Å². The standard InChI is InChI=1S/C8H8ClNO3/c1-13-5-3-2-4(8(11)12)7(10)6(5)9/h2-3H,10H2,1H3,(H,11,12). The van der Waals surface area contributed by atoms with Crippen molar-refractivity contribution in [2.75, 3.05) is 12.8 Å². The van der Waals surface area contributed by atoms with Crippen molar-refractivity contribution >= 4 is 23.3 Å². The van der Waals surface area contributed by atoms with E-state index in [9.17, 15) is 4.79 Å². The first-order valence-corrected chi connectivity index (χ1v) is 3.81. The van der Waals surface area contributed by atoms with Gasteiger partial charge in [0.25, 0.3) is 0 Å². The fourth-order valence-corrected chi connectivity index (χ4v) is 1.16. The number of ether oxygens (including phenoxy) is 1. The molecular weight excluding hydrogens is 194 g/mol. The van der Waals surface area contributed by atoms with Crippen LogP contribution in [-0.4, -0.2) is 18.2 Å². The Morgan fingerprint density at radius 1 is 1.62 bits per heavy atom. The molecule has 0 heterocycles. The molecule has 0 atom stereocenters. The predicted octanol–water partition coefficient (Wildman–Crippen LogP) is 1.63. The van der Waals surface area contributed by atoms with Gasteiger partial charge >= 0.3 is 5.97 Å². The fraction of sp³-hybridized carbons (Fsp3) is 0.125. The summed E-state index contributed by atoms with van der Waals surface area (Å²) in [6, 6.07) is 2.81. The number of aromatic carboxylic acids is 1. The van der Waals surface area contributed by atoms with E-state index < -0.39 is 5.97 Å². The van der Waals surface area contributed by atoms with E-state index in [4.69, 9.17) is 27.2 Å². The Hall–Kier alpha value is -1.42. The second-order valence-corrected chi connectivity index (χ2v) is 2.73. The molecule has 0 aliphatic carbocycles. The van der Waals surface area contributed by atoms with E-state index in [0.29, 0.717) is 5.75 Å². The zero-order valence-corrected chi connectivity index (χ0v) is 7.63. The van der Waals surface area contributed by atoms with E-state index in [1.807, 2.05) is 0 Å². The number of methoxy groups -OCH3 is 1. The Kier molecular flexibility index (Phi) is 2.63. The van der Waals surface area contributed by atoms with Crippen molar-refractivity contribution in [2.45, 2.75) is 0 Å². The minimum Gasteiger partial charge on any atom is -0.495 e. The SMILES string of the molecule is COc1ccc(C(=O)O)c(N)c1Cl. The number of carboxylic acid groups (broad SMARTS) is 1. The van der Waals surface area contributed by atoms with Gasteiger partial charge in [0.15, 0.2) is 0 Å². The first kappa shape index (κ1) is 9.67. The summed E-state index contributed by atoms with van der Waals surface area (Å²) in [5.74, 6) is -0.744. The van der Waals surface area contributed by atoms with Gasteiger partial charge < -0.3 is 15.6 Å². The Balaban J connectivity index is 3.31. The van der Waals surface area contributed by atoms with Crippen molar-refractivity contribution in [3.05, 3.63) is 22.7 Å². The topological polar surface area (TPSA) is 72.5 Å². The van der Waals surface area contributed by atoms with E-state index >= 15 is 0 Å². The van der Waals surface area contributed by atoms with E-state index in [0.717, 1.165) is 0 Å². The Morgan fingerprint density at radius 2 is 2.23 bits per heavy atom. The Labute approximate surface area is 79.9 Å². The lowest BCUT2D eigenvalue weighted by atomic mass is 10.2. The van der Waals surface area contributed by atoms with Gasteiger partial charge in [-0.05, 0) is 12.1 Å². The summed E-state index contributed by atoms with van der Waals surface area (Å²) in [6.07, 6.45) is 0. The van der Waals surface area contributed by atoms with Gasteiger partial charge in [-0.2, -0.15) is 0 Å². The zero-order valence-electron chi connectivity index (χ0n) is 6.87. The molecule has 0 radical (unpaired) electrons. The molecule has 1 aromatic carbocycles. The summed E-state index contributed by atoms with van der Waals surface area (Å²) < 4.78 is 4.86. The number of hydrogen-bond donors (Lipinski definition) is 2. The number of anilines is 1. The molecule has 0 spiro atoms. The molecule has 0 bridgehead atoms. The van der Waals surface area contributed by atoms with Crippen LogP contribution < -0.4 is 10.5 Å². The third-order valence-corrected chi connectivity index (χ3v) is 1.98. The highest BCUT2D eigenvalue weighted by Gasteiger charge is 2.13. The van der Waals surface area contributed by atoms with Crippen LogP contribution in [-0.2, 0) is 0 Å². The predicted molar refractivity (Wildman–Crippen MR) is 49.4 cm³/mol. The van der Waals surface area contributed by atoms with E-state index in [1.54, 1.807) is 0 Å². The van der Waals surface area contributed by atoms with Gasteiger partial charge in [-0.3, -0.25) is 0 Å². The second-order valence-electron chi connectivity index (χ2n) is 2.35. The quantitative estimate of drug-likeness (QED) is 0.714. The molecular formula is C8H8ClNO3. The summed E-state index contributed by atoms with van der Waals surface area (Å²) in [5.41, 5.74) is 5.47. The van der Waals surface area contributed by atoms with E-state index in [2.05, 4.69) is 0 Å². The smallest absolute Gasteiger partial charge is 0.337 e. The van der Waals surface area contributed by atoms with Crippen molar-refractivity contribution < 1.29 is 14.6 Å². The third-order valence-electron chi connectivity index (χ3n) is 1.59. The highest BCUT2D eigenvalue weighted by atomic mass is 35.5. The average molecular weight is 202 g/mol. The van der Waals surface area contributed by atoms with Crippen LogP contribution in [0, 0.1) is 0 Å². The number of nitrogens with two attached hydrogens (primary N) is 1. The number of rotatable bonds is 2. The zero-order chi connectivity index (χ0) is 10.0. The van der Waals surface area contributed by atoms with E-state index in [-0.39, 0.29) is 16.3 Å². The lowest BCUT2D eigenvalue weighted by Crippen LogP contribution is -2.03. The number of hydrogen-bond acceptors (Lipinski definition) is 3. The number of carbonyl (C=O) groups is 1. The number of carboxylic acids is 1. The number of halogens is 1. The maximum Gasteiger partial charge on any atom is 0.337 e. The minimum absolute atomic E-state index is 0.0218. The van der Waals surface area contributed by atoms with Crippen molar-refractivity contribution in [3.8, 4) is 5.75 Å². The lowest BCUT2D eigenvalue weighted by molar-refractivity contribution is 0.0698. The largest absolute Gasteiger partial charge is 0.495 e. The summed E-state index contributed by atoms with van der Waals surface area (Å²) in [7, 11) is 1.43. The molecule has 0 amide bonds. The Bertz CT molecular complexity index is 351. The normalized spacial score (nSPS) is 9.69. The van der Waals surface area contributed by atoms with Crippen LogP contribution in [0.25, 0.3) is 0 Å². The van der Waals surface area contributed by atoms with Gasteiger partial charge in [0, 0.05) is 0 Å². The van der Waals surface area contributed by atoms with Gasteiger partial charge in [-0.15, -0.1) is 0 Å². The molecule has 4 nitrogen and oxygen atoms in total. The first-order valence-electron chi connectivity index (χ1n) is 3.43. The van der Waals surface area contributed by atoms with Crippen LogP contribution >= 0.6 is 11.6 Å². The second kappa shape index (κ2) is 3.53. The van der Waals surface area contributed by atoms with Crippen molar-refractivity contribution in [1.82, 2.24) is 0 Å². The molecule has 70 valence electrons. The van der Waals surface area contributed by atoms with Gasteiger partial charge in [-0.25, -0.2) is 4.79 Å². The van der Waals surface area contributed by atoms with Crippen LogP contribution in [0.15, 0.2) is 12.1 Å². The molecule has 0 aliphatic heterocycles. The summed E-state index contributed by atoms with van der Waals surface area (Å²) >= 11 is 5.73. The monoisotopic (exact) mass is 201 g/mol. The minimum atomic E-state index is -1.11. The van der Waals surface area contributed by atoms with Crippen LogP contribution in [0.2, 0.25) is 5.02 Å². The molecule has 0 aromatic heterocycles. The molecule has 5 heteroatoms. The lowest BCUT2D eigenvalue weighted by Gasteiger charge is -2.07. The van der Waals surface area contributed by atoms with Crippen LogP contribution in [0.1, 0.15) is 10.4 Å². The first-order chi connectivity index (χ1) is 6.07. The van der Waals surface area contributed by atoms with Crippen LogP contribution in [0.3, 0.4) is 0 Å². The molecule has 1 rings (SSSR count). The van der Waals surface area contributed by atoms with E-state index in [1.165, 1.54) is 19.2 Å². The van der Waals surface area contributed by atoms with Gasteiger partial charge in [-0.1, -0.05) is 11.6 Å². The van der Waals surface area contributed by atoms with Gasteiger partial charge in [0.1, 0.15) is 10.8 Å². The molecule has 0 saturated carbocycles. The summed E-state index contributed by atoms with van der Waals surface area (Å²) in [5, 5.41) is 8.80. The molecule has 0 saturated heterocycles. The summed E-state index contributed by atoms with van der Waals surface area (Å²) in [4.78, 5) is 10.6. The molecule has 13 heavy (non-hydrogen) atoms. The molecule has 3 N–H and O–H groups in total. The van der Waals surface area contributed by atoms with Crippen molar-refractivity contribution in [2.24, 2.45) is 0 Å². The molecule has 0 aliphatic rings. The molecule has 1 aromatic rings. The summed E-state index contributed by atoms with van der Waals surface area (Å²) in [6.45, 7) is 0. The number of benzene rings is 1. The van der Waals surface area contributed by atoms with Crippen LogP contribution in [0.5, 0.6) is 5.75 Å². The van der Waals surface area contributed by atoms with Gasteiger partial charge in [0.2, 0.25) is 0 Å². The fourth-order valence-electron chi connectivity index (χ4n) is 0.917. The molecule has 0 unspecified atom stereocenters. The number of nitrogen functional groups attached to an aromatic ring is 1. The maximum absolute atomic E-state index is 10.6. The highest BCUT2D eigenvalue weighted by Crippen LogP contribution is 2.32. The maximum atomic E-state index is 10.6. The van der Waals surface area contributed by atoms with Crippen molar-refractivity contribution in [3.63, 3.8) is 0 Å². The molecule has 0 fully saturated rings. The van der Waals surface area contributed by atoms with Gasteiger partial charge in [0.05, 0.1) is 18.4 Å². The highest BCUT2D eigenvalue weighted by molar-refractivity contribution is 6.35.